The molecule has 1 N–H and O–H groups in total. The van der Waals surface area contributed by atoms with Crippen LogP contribution in [0.5, 0.6) is 5.75 Å². The van der Waals surface area contributed by atoms with Crippen molar-refractivity contribution in [2.75, 3.05) is 13.2 Å². The van der Waals surface area contributed by atoms with E-state index in [9.17, 15) is 13.2 Å². The van der Waals surface area contributed by atoms with E-state index in [-0.39, 0.29) is 6.54 Å². The van der Waals surface area contributed by atoms with Crippen LogP contribution in [0.25, 0.3) is 0 Å². The summed E-state index contributed by atoms with van der Waals surface area (Å²) in [4.78, 5) is 12.4. The van der Waals surface area contributed by atoms with Crippen molar-refractivity contribution >= 4 is 15.7 Å². The Morgan fingerprint density at radius 1 is 1.17 bits per heavy atom. The summed E-state index contributed by atoms with van der Waals surface area (Å²) in [5.74, 6) is 0.269. The van der Waals surface area contributed by atoms with Crippen LogP contribution in [0, 0.1) is 0 Å². The van der Waals surface area contributed by atoms with Crippen LogP contribution in [0.2, 0.25) is 0 Å². The van der Waals surface area contributed by atoms with Gasteiger partial charge in [0.05, 0.1) is 11.8 Å². The van der Waals surface area contributed by atoms with Crippen molar-refractivity contribution in [2.45, 2.75) is 55.9 Å². The van der Waals surface area contributed by atoms with Gasteiger partial charge >= 0.3 is 0 Å². The molecule has 0 bridgehead atoms. The number of rotatable bonds is 7. The third-order valence-electron chi connectivity index (χ3n) is 4.65. The summed E-state index contributed by atoms with van der Waals surface area (Å²) in [7, 11) is -3.50. The van der Waals surface area contributed by atoms with Crippen molar-refractivity contribution in [1.29, 1.82) is 0 Å². The number of carbonyl (C=O) groups is 1. The Hall–Kier alpha value is -1.56. The Balaban J connectivity index is 1.87. The highest BCUT2D eigenvalue weighted by molar-refractivity contribution is 7.94. The van der Waals surface area contributed by atoms with Crippen LogP contribution in [0.3, 0.4) is 0 Å². The van der Waals surface area contributed by atoms with Gasteiger partial charge in [-0.05, 0) is 38.8 Å². The quantitative estimate of drug-likeness (QED) is 0.765. The van der Waals surface area contributed by atoms with Gasteiger partial charge in [-0.3, -0.25) is 4.79 Å². The van der Waals surface area contributed by atoms with Gasteiger partial charge < -0.3 is 10.1 Å². The number of nitrogens with one attached hydrogen (secondary N) is 1. The largest absolute Gasteiger partial charge is 0.492 e. The maximum absolute atomic E-state index is 12.8. The molecule has 0 aromatic heterocycles. The van der Waals surface area contributed by atoms with Crippen LogP contribution in [0.15, 0.2) is 30.3 Å². The molecule has 24 heavy (non-hydrogen) atoms. The number of hydrogen-bond acceptors (Lipinski definition) is 4. The summed E-state index contributed by atoms with van der Waals surface area (Å²) < 4.78 is 29.7. The highest BCUT2D eigenvalue weighted by Gasteiger charge is 2.46. The van der Waals surface area contributed by atoms with E-state index in [1.54, 1.807) is 0 Å². The zero-order chi connectivity index (χ0) is 17.6. The molecule has 1 aliphatic rings. The first-order valence-electron chi connectivity index (χ1n) is 8.55. The van der Waals surface area contributed by atoms with Crippen LogP contribution in [-0.4, -0.2) is 37.5 Å². The van der Waals surface area contributed by atoms with Crippen molar-refractivity contribution in [1.82, 2.24) is 5.32 Å². The number of sulfone groups is 1. The molecule has 134 valence electrons. The second kappa shape index (κ2) is 8.01. The summed E-state index contributed by atoms with van der Waals surface area (Å²) in [6.07, 6.45) is 4.25. The van der Waals surface area contributed by atoms with E-state index in [1.807, 2.05) is 30.3 Å². The second-order valence-corrected chi connectivity index (χ2v) is 9.51. The molecule has 0 spiro atoms. The number of hydrogen-bond donors (Lipinski definition) is 1. The maximum atomic E-state index is 12.8. The normalized spacial score (nSPS) is 16.6. The fourth-order valence-corrected chi connectivity index (χ4v) is 5.10. The number of carbonyl (C=O) groups excluding carboxylic acids is 1. The summed E-state index contributed by atoms with van der Waals surface area (Å²) in [6, 6.07) is 9.30. The highest BCUT2D eigenvalue weighted by Crippen LogP contribution is 2.31. The van der Waals surface area contributed by atoms with Crippen molar-refractivity contribution < 1.29 is 17.9 Å². The van der Waals surface area contributed by atoms with Crippen molar-refractivity contribution in [3.05, 3.63) is 30.3 Å². The molecule has 6 heteroatoms. The lowest BCUT2D eigenvalue weighted by atomic mass is 10.0. The van der Waals surface area contributed by atoms with Crippen LogP contribution in [-0.2, 0) is 14.6 Å². The second-order valence-electron chi connectivity index (χ2n) is 6.73. The van der Waals surface area contributed by atoms with E-state index in [4.69, 9.17) is 4.74 Å². The average Bonchev–Trinajstić information content (AvgIpc) is 2.60. The summed E-state index contributed by atoms with van der Waals surface area (Å²) in [5.41, 5.74) is 0. The van der Waals surface area contributed by atoms with E-state index in [0.29, 0.717) is 19.4 Å². The van der Waals surface area contributed by atoms with E-state index >= 15 is 0 Å². The lowest BCUT2D eigenvalue weighted by molar-refractivity contribution is -0.123. The maximum Gasteiger partial charge on any atom is 0.241 e. The number of benzene rings is 1. The van der Waals surface area contributed by atoms with Gasteiger partial charge in [-0.2, -0.15) is 0 Å². The molecule has 1 amide bonds. The molecule has 1 fully saturated rings. The highest BCUT2D eigenvalue weighted by atomic mass is 32.2. The zero-order valence-electron chi connectivity index (χ0n) is 14.5. The Bertz CT molecular complexity index is 634. The number of amides is 1. The van der Waals surface area contributed by atoms with Crippen LogP contribution in [0.1, 0.15) is 46.0 Å². The van der Waals surface area contributed by atoms with E-state index < -0.39 is 25.7 Å². The van der Waals surface area contributed by atoms with Gasteiger partial charge in [-0.25, -0.2) is 8.42 Å². The van der Waals surface area contributed by atoms with Crippen LogP contribution < -0.4 is 10.1 Å². The molecule has 1 saturated carbocycles. The lowest BCUT2D eigenvalue weighted by Crippen LogP contribution is -2.52. The standard InChI is InChI=1S/C18H27NO4S/c1-18(2,24(21,22)16-11-7-4-8-12-16)17(20)19-13-14-23-15-9-5-3-6-10-15/h3,5-6,9-10,16H,4,7-8,11-14H2,1-2H3,(H,19,20). The molecule has 0 heterocycles. The molecule has 1 aromatic carbocycles. The molecule has 1 aliphatic carbocycles. The van der Waals surface area contributed by atoms with Crippen LogP contribution >= 0.6 is 0 Å². The van der Waals surface area contributed by atoms with E-state index in [0.717, 1.165) is 25.0 Å². The molecule has 0 saturated heterocycles. The first-order chi connectivity index (χ1) is 11.4. The first-order valence-corrected chi connectivity index (χ1v) is 10.1. The van der Waals surface area contributed by atoms with Gasteiger partial charge in [0.2, 0.25) is 5.91 Å². The Morgan fingerprint density at radius 3 is 2.42 bits per heavy atom. The molecular formula is C18H27NO4S. The SMILES string of the molecule is CC(C)(C(=O)NCCOc1ccccc1)S(=O)(=O)C1CCCCC1. The predicted octanol–water partition coefficient (Wildman–Crippen LogP) is 2.71. The van der Waals surface area contributed by atoms with Crippen molar-refractivity contribution in [3.63, 3.8) is 0 Å². The van der Waals surface area contributed by atoms with Crippen molar-refractivity contribution in [2.24, 2.45) is 0 Å². The molecule has 0 unspecified atom stereocenters. The Morgan fingerprint density at radius 2 is 1.79 bits per heavy atom. The number of para-hydroxylation sites is 1. The predicted molar refractivity (Wildman–Crippen MR) is 94.8 cm³/mol. The van der Waals surface area contributed by atoms with Gasteiger partial charge in [0, 0.05) is 0 Å². The van der Waals surface area contributed by atoms with E-state index in [1.165, 1.54) is 13.8 Å². The summed E-state index contributed by atoms with van der Waals surface area (Å²) >= 11 is 0. The minimum Gasteiger partial charge on any atom is -0.492 e. The van der Waals surface area contributed by atoms with Gasteiger partial charge in [0.25, 0.3) is 0 Å². The average molecular weight is 353 g/mol. The summed E-state index contributed by atoms with van der Waals surface area (Å²) in [6.45, 7) is 3.58. The molecule has 0 aliphatic heterocycles. The molecule has 5 nitrogen and oxygen atoms in total. The topological polar surface area (TPSA) is 72.5 Å². The van der Waals surface area contributed by atoms with E-state index in [2.05, 4.69) is 5.32 Å². The van der Waals surface area contributed by atoms with Gasteiger partial charge in [-0.15, -0.1) is 0 Å². The zero-order valence-corrected chi connectivity index (χ0v) is 15.3. The third kappa shape index (κ3) is 4.29. The fraction of sp³-hybridized carbons (Fsp3) is 0.611. The Labute approximate surface area is 144 Å². The molecule has 1 aromatic rings. The van der Waals surface area contributed by atoms with Gasteiger partial charge in [-0.1, -0.05) is 37.5 Å². The smallest absolute Gasteiger partial charge is 0.241 e. The fourth-order valence-electron chi connectivity index (χ4n) is 2.98. The Kier molecular flexibility index (Phi) is 6.27. The van der Waals surface area contributed by atoms with Crippen molar-refractivity contribution in [3.8, 4) is 5.75 Å². The minimum atomic E-state index is -3.50. The molecular weight excluding hydrogens is 326 g/mol. The monoisotopic (exact) mass is 353 g/mol. The molecule has 0 radical (unpaired) electrons. The van der Waals surface area contributed by atoms with Gasteiger partial charge in [0.15, 0.2) is 9.84 Å². The molecule has 0 atom stereocenters. The molecule has 2 rings (SSSR count). The number of ether oxygens (including phenoxy) is 1. The minimum absolute atomic E-state index is 0.275. The third-order valence-corrected chi connectivity index (χ3v) is 7.61. The lowest BCUT2D eigenvalue weighted by Gasteiger charge is -2.31. The first kappa shape index (κ1) is 18.8. The summed E-state index contributed by atoms with van der Waals surface area (Å²) in [5, 5.41) is 2.30. The van der Waals surface area contributed by atoms with Gasteiger partial charge in [0.1, 0.15) is 17.1 Å². The van der Waals surface area contributed by atoms with Crippen LogP contribution in [0.4, 0.5) is 0 Å².